The lowest BCUT2D eigenvalue weighted by Crippen LogP contribution is -2.45. The maximum Gasteiger partial charge on any atom is 0.343 e. The Morgan fingerprint density at radius 1 is 1.26 bits per heavy atom. The zero-order valence-corrected chi connectivity index (χ0v) is 16.3. The molecule has 1 aromatic heterocycles. The van der Waals surface area contributed by atoms with Crippen LogP contribution in [-0.4, -0.2) is 27.2 Å². The minimum Gasteiger partial charge on any atom is -0.461 e. The maximum atomic E-state index is 13.0. The maximum absolute atomic E-state index is 13.0. The number of esters is 1. The van der Waals surface area contributed by atoms with E-state index in [1.807, 2.05) is 41.1 Å². The van der Waals surface area contributed by atoms with E-state index < -0.39 is 11.6 Å². The van der Waals surface area contributed by atoms with E-state index in [0.29, 0.717) is 18.0 Å². The zero-order chi connectivity index (χ0) is 19.3. The van der Waals surface area contributed by atoms with Crippen molar-refractivity contribution in [3.05, 3.63) is 54.1 Å². The molecule has 27 heavy (non-hydrogen) atoms. The molecule has 5 nitrogen and oxygen atoms in total. The number of aromatic nitrogens is 2. The molecule has 146 valence electrons. The summed E-state index contributed by atoms with van der Waals surface area (Å²) in [5.41, 5.74) is -0.940. The van der Waals surface area contributed by atoms with E-state index in [1.54, 1.807) is 6.20 Å². The molecule has 0 spiro atoms. The number of carbonyl (C=O) groups excluding carboxylic acids is 1. The lowest BCUT2D eigenvalue weighted by Gasteiger charge is -2.36. The summed E-state index contributed by atoms with van der Waals surface area (Å²) in [5.74, 6) is 0.642. The van der Waals surface area contributed by atoms with Crippen molar-refractivity contribution in [3.63, 3.8) is 0 Å². The lowest BCUT2D eigenvalue weighted by atomic mass is 9.73. The Hall–Kier alpha value is -2.14. The van der Waals surface area contributed by atoms with Crippen LogP contribution in [0.5, 0.6) is 0 Å². The van der Waals surface area contributed by atoms with E-state index in [1.165, 1.54) is 0 Å². The van der Waals surface area contributed by atoms with Crippen molar-refractivity contribution in [2.24, 2.45) is 5.92 Å². The topological polar surface area (TPSA) is 64.4 Å². The standard InChI is InChI=1S/C22H30N2O3/c1-17(2)20-23-13-14-24(20)15-16-27-21(25)22(26,18-9-5-3-6-10-18)19-11-7-4-8-12-19/h3,5-6,9-10,13-14,17,19,26H,4,7-8,11-12,15-16H2,1-2H3. The fourth-order valence-corrected chi connectivity index (χ4v) is 4.09. The van der Waals surface area contributed by atoms with Crippen LogP contribution in [0, 0.1) is 5.92 Å². The van der Waals surface area contributed by atoms with Gasteiger partial charge in [-0.3, -0.25) is 0 Å². The lowest BCUT2D eigenvalue weighted by molar-refractivity contribution is -0.176. The summed E-state index contributed by atoms with van der Waals surface area (Å²) in [5, 5.41) is 11.5. The second-order valence-corrected chi connectivity index (χ2v) is 7.74. The first kappa shape index (κ1) is 19.6. The number of nitrogens with zero attached hydrogens (tertiary/aromatic N) is 2. The Bertz CT molecular complexity index is 735. The number of carbonyl (C=O) groups is 1. The highest BCUT2D eigenvalue weighted by molar-refractivity contribution is 5.81. The molecule has 1 aromatic carbocycles. The molecule has 3 rings (SSSR count). The molecular formula is C22H30N2O3. The third-order valence-electron chi connectivity index (χ3n) is 5.55. The van der Waals surface area contributed by atoms with Gasteiger partial charge in [0.15, 0.2) is 5.60 Å². The molecular weight excluding hydrogens is 340 g/mol. The minimum atomic E-state index is -1.57. The van der Waals surface area contributed by atoms with Crippen LogP contribution in [0.15, 0.2) is 42.7 Å². The molecule has 0 saturated heterocycles. The zero-order valence-electron chi connectivity index (χ0n) is 16.3. The molecule has 1 N–H and O–H groups in total. The molecule has 1 unspecified atom stereocenters. The van der Waals surface area contributed by atoms with Gasteiger partial charge in [0, 0.05) is 24.2 Å². The molecule has 1 saturated carbocycles. The van der Waals surface area contributed by atoms with Gasteiger partial charge in [-0.1, -0.05) is 63.4 Å². The van der Waals surface area contributed by atoms with Crippen LogP contribution < -0.4 is 0 Å². The summed E-state index contributed by atoms with van der Waals surface area (Å²) in [6.07, 6.45) is 8.60. The highest BCUT2D eigenvalue weighted by atomic mass is 16.5. The number of benzene rings is 1. The molecule has 0 radical (unpaired) electrons. The van der Waals surface area contributed by atoms with E-state index in [9.17, 15) is 9.90 Å². The van der Waals surface area contributed by atoms with Crippen LogP contribution in [-0.2, 0) is 21.7 Å². The molecule has 1 heterocycles. The fourth-order valence-electron chi connectivity index (χ4n) is 4.09. The van der Waals surface area contributed by atoms with E-state index in [-0.39, 0.29) is 12.5 Å². The van der Waals surface area contributed by atoms with Crippen LogP contribution in [0.25, 0.3) is 0 Å². The van der Waals surface area contributed by atoms with E-state index >= 15 is 0 Å². The van der Waals surface area contributed by atoms with Gasteiger partial charge >= 0.3 is 5.97 Å². The second kappa shape index (κ2) is 8.70. The number of ether oxygens (including phenoxy) is 1. The quantitative estimate of drug-likeness (QED) is 0.748. The van der Waals surface area contributed by atoms with Crippen molar-refractivity contribution < 1.29 is 14.6 Å². The predicted octanol–water partition coefficient (Wildman–Crippen LogP) is 4.02. The van der Waals surface area contributed by atoms with Crippen molar-refractivity contribution in [1.29, 1.82) is 0 Å². The first-order valence-corrected chi connectivity index (χ1v) is 9.99. The molecule has 0 bridgehead atoms. The van der Waals surface area contributed by atoms with Gasteiger partial charge in [0.1, 0.15) is 12.4 Å². The Kier molecular flexibility index (Phi) is 6.32. The number of hydrogen-bond acceptors (Lipinski definition) is 4. The van der Waals surface area contributed by atoms with Crippen molar-refractivity contribution in [2.75, 3.05) is 6.61 Å². The fraction of sp³-hybridized carbons (Fsp3) is 0.545. The van der Waals surface area contributed by atoms with Crippen LogP contribution >= 0.6 is 0 Å². The molecule has 1 fully saturated rings. The normalized spacial score (nSPS) is 17.6. The highest BCUT2D eigenvalue weighted by Crippen LogP contribution is 2.40. The molecule has 1 aliphatic rings. The summed E-state index contributed by atoms with van der Waals surface area (Å²) in [6, 6.07) is 9.25. The van der Waals surface area contributed by atoms with Crippen LogP contribution in [0.2, 0.25) is 0 Å². The molecule has 0 aliphatic heterocycles. The van der Waals surface area contributed by atoms with Gasteiger partial charge in [0.05, 0.1) is 6.54 Å². The molecule has 2 aromatic rings. The Morgan fingerprint density at radius 2 is 1.96 bits per heavy atom. The van der Waals surface area contributed by atoms with Crippen LogP contribution in [0.3, 0.4) is 0 Å². The summed E-state index contributed by atoms with van der Waals surface area (Å²) in [7, 11) is 0. The van der Waals surface area contributed by atoms with Crippen molar-refractivity contribution in [3.8, 4) is 0 Å². The number of hydrogen-bond donors (Lipinski definition) is 1. The van der Waals surface area contributed by atoms with E-state index in [0.717, 1.165) is 37.9 Å². The number of rotatable bonds is 7. The molecule has 1 aliphatic carbocycles. The first-order chi connectivity index (χ1) is 13.0. The third kappa shape index (κ3) is 4.24. The minimum absolute atomic E-state index is 0.0966. The summed E-state index contributed by atoms with van der Waals surface area (Å²) >= 11 is 0. The molecule has 1 atom stereocenters. The van der Waals surface area contributed by atoms with Crippen LogP contribution in [0.4, 0.5) is 0 Å². The van der Waals surface area contributed by atoms with E-state index in [4.69, 9.17) is 4.74 Å². The van der Waals surface area contributed by atoms with E-state index in [2.05, 4.69) is 18.8 Å². The average molecular weight is 370 g/mol. The average Bonchev–Trinajstić information content (AvgIpc) is 3.17. The Labute approximate surface area is 161 Å². The summed E-state index contributed by atoms with van der Waals surface area (Å²) in [4.78, 5) is 17.4. The number of imidazole rings is 1. The highest BCUT2D eigenvalue weighted by Gasteiger charge is 2.47. The Morgan fingerprint density at radius 3 is 2.63 bits per heavy atom. The second-order valence-electron chi connectivity index (χ2n) is 7.74. The van der Waals surface area contributed by atoms with Crippen molar-refractivity contribution in [2.45, 2.75) is 64.0 Å². The van der Waals surface area contributed by atoms with Gasteiger partial charge in [-0.15, -0.1) is 0 Å². The van der Waals surface area contributed by atoms with Gasteiger partial charge < -0.3 is 14.4 Å². The predicted molar refractivity (Wildman–Crippen MR) is 104 cm³/mol. The van der Waals surface area contributed by atoms with Crippen molar-refractivity contribution in [1.82, 2.24) is 9.55 Å². The third-order valence-corrected chi connectivity index (χ3v) is 5.55. The van der Waals surface area contributed by atoms with Gasteiger partial charge in [0.2, 0.25) is 0 Å². The number of aliphatic hydroxyl groups is 1. The first-order valence-electron chi connectivity index (χ1n) is 9.99. The van der Waals surface area contributed by atoms with Gasteiger partial charge in [0.25, 0.3) is 0 Å². The van der Waals surface area contributed by atoms with Gasteiger partial charge in [-0.05, 0) is 18.4 Å². The largest absolute Gasteiger partial charge is 0.461 e. The molecule has 0 amide bonds. The summed E-state index contributed by atoms with van der Waals surface area (Å²) < 4.78 is 7.59. The SMILES string of the molecule is CC(C)c1nccn1CCOC(=O)C(O)(c1ccccc1)C1CCCCC1. The van der Waals surface area contributed by atoms with Gasteiger partial charge in [-0.2, -0.15) is 0 Å². The van der Waals surface area contributed by atoms with Crippen LogP contribution in [0.1, 0.15) is 63.3 Å². The van der Waals surface area contributed by atoms with Crippen molar-refractivity contribution >= 4 is 5.97 Å². The Balaban J connectivity index is 1.72. The molecule has 5 heteroatoms. The smallest absolute Gasteiger partial charge is 0.343 e. The summed E-state index contributed by atoms with van der Waals surface area (Å²) in [6.45, 7) is 4.93. The monoisotopic (exact) mass is 370 g/mol. The van der Waals surface area contributed by atoms with Gasteiger partial charge in [-0.25, -0.2) is 9.78 Å².